The second-order valence-electron chi connectivity index (χ2n) is 6.25. The molecule has 1 aromatic rings. The van der Waals surface area contributed by atoms with E-state index < -0.39 is 33.1 Å². The Morgan fingerprint density at radius 3 is 2.55 bits per heavy atom. The summed E-state index contributed by atoms with van der Waals surface area (Å²) in [4.78, 5) is 15.2. The predicted molar refractivity (Wildman–Crippen MR) is 80.2 cm³/mol. The van der Waals surface area contributed by atoms with Gasteiger partial charge in [-0.25, -0.2) is 8.42 Å². The first kappa shape index (κ1) is 15.2. The van der Waals surface area contributed by atoms with E-state index in [1.807, 2.05) is 6.92 Å². The van der Waals surface area contributed by atoms with E-state index >= 15 is 0 Å². The van der Waals surface area contributed by atoms with Gasteiger partial charge in [0.25, 0.3) is 5.09 Å². The Balaban J connectivity index is 2.38. The molecule has 2 rings (SSSR count). The Kier molecular flexibility index (Phi) is 4.05. The number of piperidine rings is 1. The van der Waals surface area contributed by atoms with E-state index in [-0.39, 0.29) is 17.9 Å². The van der Waals surface area contributed by atoms with Gasteiger partial charge in [0.2, 0.25) is 10.0 Å². The normalized spacial score (nSPS) is 26.2. The first-order chi connectivity index (χ1) is 10.5. The Hall–Kier alpha value is -1.67. The zero-order valence-electron chi connectivity index (χ0n) is 13.7. The lowest BCUT2D eigenvalue weighted by atomic mass is 9.84. The van der Waals surface area contributed by atoms with Gasteiger partial charge in [-0.05, 0) is 30.9 Å². The minimum absolute atomic E-state index is 0.0675. The van der Waals surface area contributed by atoms with Gasteiger partial charge >= 0.3 is 0 Å². The Labute approximate surface area is 131 Å². The van der Waals surface area contributed by atoms with E-state index in [2.05, 4.69) is 4.84 Å². The monoisotopic (exact) mass is 329 g/mol. The summed E-state index contributed by atoms with van der Waals surface area (Å²) in [5, 5.41) is 9.65. The second kappa shape index (κ2) is 5.85. The zero-order valence-corrected chi connectivity index (χ0v) is 13.5. The van der Waals surface area contributed by atoms with Gasteiger partial charge in [0.1, 0.15) is 6.10 Å². The third-order valence-electron chi connectivity index (χ3n) is 3.52. The van der Waals surface area contributed by atoms with Gasteiger partial charge in [-0.1, -0.05) is 31.5 Å². The van der Waals surface area contributed by atoms with Gasteiger partial charge in [-0.2, -0.15) is 4.31 Å². The van der Waals surface area contributed by atoms with Crippen molar-refractivity contribution in [3.05, 3.63) is 39.9 Å². The highest BCUT2D eigenvalue weighted by atomic mass is 32.2. The minimum Gasteiger partial charge on any atom is -0.309 e. The fraction of sp³-hybridized carbons (Fsp3) is 0.571. The molecule has 0 N–H and O–H groups in total. The fourth-order valence-electron chi connectivity index (χ4n) is 2.51. The molecule has 122 valence electrons. The van der Waals surface area contributed by atoms with Crippen molar-refractivity contribution in [3.63, 3.8) is 0 Å². The number of aryl methyl sites for hydroxylation is 1. The van der Waals surface area contributed by atoms with Gasteiger partial charge in [0.15, 0.2) is 0 Å². The molecular formula is C14H20N2O5S. The lowest BCUT2D eigenvalue weighted by Crippen LogP contribution is -2.50. The molecule has 0 amide bonds. The largest absolute Gasteiger partial charge is 0.309 e. The van der Waals surface area contributed by atoms with Crippen molar-refractivity contribution in [2.45, 2.75) is 38.2 Å². The Morgan fingerprint density at radius 1 is 1.41 bits per heavy atom. The molecule has 1 aliphatic rings. The van der Waals surface area contributed by atoms with E-state index in [4.69, 9.17) is 1.37 Å². The van der Waals surface area contributed by atoms with Crippen molar-refractivity contribution in [2.75, 3.05) is 13.1 Å². The number of hydrogen-bond acceptors (Lipinski definition) is 5. The van der Waals surface area contributed by atoms with Crippen molar-refractivity contribution in [3.8, 4) is 0 Å². The van der Waals surface area contributed by atoms with E-state index in [0.717, 1.165) is 9.87 Å². The van der Waals surface area contributed by atoms with Crippen LogP contribution in [0.2, 0.25) is 0 Å². The van der Waals surface area contributed by atoms with Gasteiger partial charge < -0.3 is 4.84 Å². The lowest BCUT2D eigenvalue weighted by Gasteiger charge is -2.40. The third-order valence-corrected chi connectivity index (χ3v) is 5.26. The van der Waals surface area contributed by atoms with Crippen LogP contribution in [0.1, 0.15) is 27.2 Å². The van der Waals surface area contributed by atoms with Crippen LogP contribution in [0.15, 0.2) is 29.2 Å². The summed E-state index contributed by atoms with van der Waals surface area (Å²) in [6.45, 7) is 4.18. The van der Waals surface area contributed by atoms with Crippen molar-refractivity contribution in [1.82, 2.24) is 4.31 Å². The average Bonchev–Trinajstić information content (AvgIpc) is 2.42. The van der Waals surface area contributed by atoms with Crippen molar-refractivity contribution < 1.29 is 19.7 Å². The van der Waals surface area contributed by atoms with Crippen LogP contribution in [0.3, 0.4) is 0 Å². The standard InChI is InChI=1S/C14H20N2O5S/c1-11-4-6-13(7-5-11)22(19,20)15-9-12(21-16(17)18)8-14(2,3)10-15/h4-7,12H,8-10H2,1-3H3/t12-/m1/s1/i9D/t9-,12+/m0. The molecule has 0 bridgehead atoms. The number of sulfonamides is 1. The minimum atomic E-state index is -3.92. The quantitative estimate of drug-likeness (QED) is 0.622. The summed E-state index contributed by atoms with van der Waals surface area (Å²) >= 11 is 0. The molecule has 0 aliphatic carbocycles. The van der Waals surface area contributed by atoms with E-state index in [9.17, 15) is 18.5 Å². The van der Waals surface area contributed by atoms with Gasteiger partial charge in [-0.3, -0.25) is 0 Å². The molecule has 0 radical (unpaired) electrons. The van der Waals surface area contributed by atoms with Crippen LogP contribution in [-0.2, 0) is 14.9 Å². The number of nitrogens with zero attached hydrogens (tertiary/aromatic N) is 2. The molecule has 2 atom stereocenters. The molecule has 0 aromatic heterocycles. The van der Waals surface area contributed by atoms with Crippen LogP contribution >= 0.6 is 0 Å². The Bertz CT molecular complexity index is 690. The van der Waals surface area contributed by atoms with Crippen LogP contribution in [0, 0.1) is 22.5 Å². The highest BCUT2D eigenvalue weighted by Gasteiger charge is 2.40. The molecule has 7 nitrogen and oxygen atoms in total. The summed E-state index contributed by atoms with van der Waals surface area (Å²) in [6.07, 6.45) is -0.879. The summed E-state index contributed by atoms with van der Waals surface area (Å²) in [7, 11) is -3.92. The molecule has 1 aliphatic heterocycles. The summed E-state index contributed by atoms with van der Waals surface area (Å²) in [6, 6.07) is 6.29. The maximum atomic E-state index is 12.8. The molecule has 1 aromatic carbocycles. The van der Waals surface area contributed by atoms with E-state index in [1.165, 1.54) is 12.1 Å². The third kappa shape index (κ3) is 3.75. The molecule has 1 fully saturated rings. The highest BCUT2D eigenvalue weighted by molar-refractivity contribution is 7.89. The fourth-order valence-corrected chi connectivity index (χ4v) is 4.07. The molecule has 0 spiro atoms. The summed E-state index contributed by atoms with van der Waals surface area (Å²) in [5.41, 5.74) is 0.385. The molecule has 8 heteroatoms. The van der Waals surface area contributed by atoms with Crippen LogP contribution in [0.25, 0.3) is 0 Å². The van der Waals surface area contributed by atoms with Gasteiger partial charge in [0.05, 0.1) is 4.90 Å². The number of hydrogen-bond donors (Lipinski definition) is 0. The first-order valence-electron chi connectivity index (χ1n) is 7.43. The van der Waals surface area contributed by atoms with Crippen LogP contribution in [0.4, 0.5) is 0 Å². The molecular weight excluding hydrogens is 308 g/mol. The molecule has 1 saturated heterocycles. The predicted octanol–water partition coefficient (Wildman–Crippen LogP) is 1.99. The maximum Gasteiger partial charge on any atom is 0.294 e. The average molecular weight is 329 g/mol. The maximum absolute atomic E-state index is 12.8. The topological polar surface area (TPSA) is 89.8 Å². The molecule has 22 heavy (non-hydrogen) atoms. The summed E-state index contributed by atoms with van der Waals surface area (Å²) < 4.78 is 34.7. The van der Waals surface area contributed by atoms with E-state index in [0.29, 0.717) is 0 Å². The number of rotatable bonds is 4. The van der Waals surface area contributed by atoms with Crippen LogP contribution in [-0.4, -0.2) is 37.0 Å². The Morgan fingerprint density at radius 2 is 2.00 bits per heavy atom. The molecule has 1 heterocycles. The van der Waals surface area contributed by atoms with Crippen molar-refractivity contribution >= 4 is 10.0 Å². The van der Waals surface area contributed by atoms with Gasteiger partial charge in [-0.15, -0.1) is 10.1 Å². The van der Waals surface area contributed by atoms with Crippen molar-refractivity contribution in [1.29, 1.82) is 0 Å². The van der Waals surface area contributed by atoms with Crippen LogP contribution in [0.5, 0.6) is 0 Å². The van der Waals surface area contributed by atoms with Crippen molar-refractivity contribution in [2.24, 2.45) is 5.41 Å². The lowest BCUT2D eigenvalue weighted by molar-refractivity contribution is -0.769. The number of benzene rings is 1. The van der Waals surface area contributed by atoms with Gasteiger partial charge in [0, 0.05) is 14.4 Å². The van der Waals surface area contributed by atoms with Crippen LogP contribution < -0.4 is 0 Å². The first-order valence-corrected chi connectivity index (χ1v) is 8.29. The molecule has 0 saturated carbocycles. The van der Waals surface area contributed by atoms with E-state index in [1.54, 1.807) is 26.0 Å². The smallest absolute Gasteiger partial charge is 0.294 e. The highest BCUT2D eigenvalue weighted by Crippen LogP contribution is 2.33. The summed E-state index contributed by atoms with van der Waals surface area (Å²) in [5.74, 6) is 0. The molecule has 0 unspecified atom stereocenters. The SMILES string of the molecule is [2H][C@H]1[C@H](O[N+](=O)[O-])CC(C)(C)CN1S(=O)(=O)c1ccc(C)cc1. The zero-order chi connectivity index (χ0) is 17.4. The second-order valence-corrected chi connectivity index (χ2v) is 8.14.